The van der Waals surface area contributed by atoms with Crippen LogP contribution in [-0.4, -0.2) is 26.8 Å². The number of hydrogen-bond acceptors (Lipinski definition) is 3. The van der Waals surface area contributed by atoms with E-state index in [9.17, 15) is 5.11 Å². The van der Waals surface area contributed by atoms with Gasteiger partial charge in [0.1, 0.15) is 0 Å². The van der Waals surface area contributed by atoms with Gasteiger partial charge in [0, 0.05) is 13.1 Å². The average Bonchev–Trinajstić information content (AvgIpc) is 2.78. The number of rotatable bonds is 6. The summed E-state index contributed by atoms with van der Waals surface area (Å²) in [4.78, 5) is 4.36. The minimum Gasteiger partial charge on any atom is -0.389 e. The fourth-order valence-corrected chi connectivity index (χ4v) is 2.08. The molecule has 4 nitrogen and oxygen atoms in total. The van der Waals surface area contributed by atoms with Crippen molar-refractivity contribution >= 4 is 11.0 Å². The van der Waals surface area contributed by atoms with Gasteiger partial charge in [-0.3, -0.25) is 0 Å². The van der Waals surface area contributed by atoms with Crippen LogP contribution in [0, 0.1) is 0 Å². The second kappa shape index (κ2) is 5.50. The highest BCUT2D eigenvalue weighted by Crippen LogP contribution is 2.15. The first-order chi connectivity index (χ1) is 8.62. The summed E-state index contributed by atoms with van der Waals surface area (Å²) in [6.07, 6.45) is 4.62. The molecule has 0 bridgehead atoms. The molecule has 0 aliphatic rings. The molecule has 98 valence electrons. The van der Waals surface area contributed by atoms with E-state index in [4.69, 9.17) is 5.73 Å². The molecule has 2 rings (SSSR count). The van der Waals surface area contributed by atoms with Gasteiger partial charge in [0.05, 0.1) is 23.0 Å². The highest BCUT2D eigenvalue weighted by molar-refractivity contribution is 5.74. The van der Waals surface area contributed by atoms with Crippen molar-refractivity contribution in [1.82, 2.24) is 9.55 Å². The number of aliphatic hydroxyl groups is 1. The number of aromatic nitrogens is 2. The van der Waals surface area contributed by atoms with Gasteiger partial charge in [-0.25, -0.2) is 4.98 Å². The van der Waals surface area contributed by atoms with Gasteiger partial charge in [0.15, 0.2) is 0 Å². The number of nitrogens with zero attached hydrogens (tertiary/aromatic N) is 2. The number of unbranched alkanes of at least 4 members (excludes halogenated alkanes) is 1. The molecule has 1 aromatic carbocycles. The lowest BCUT2D eigenvalue weighted by Crippen LogP contribution is -2.33. The Morgan fingerprint density at radius 3 is 2.89 bits per heavy atom. The number of para-hydroxylation sites is 2. The van der Waals surface area contributed by atoms with E-state index < -0.39 is 5.60 Å². The number of nitrogens with two attached hydrogens (primary N) is 1. The molecule has 2 aromatic rings. The zero-order valence-electron chi connectivity index (χ0n) is 10.8. The molecule has 0 fully saturated rings. The second-order valence-electron chi connectivity index (χ2n) is 5.08. The molecule has 1 aromatic heterocycles. The van der Waals surface area contributed by atoms with Crippen LogP contribution in [0.25, 0.3) is 11.0 Å². The van der Waals surface area contributed by atoms with Crippen molar-refractivity contribution in [2.24, 2.45) is 5.73 Å². The smallest absolute Gasteiger partial charge is 0.0958 e. The van der Waals surface area contributed by atoms with Crippen molar-refractivity contribution in [3.63, 3.8) is 0 Å². The van der Waals surface area contributed by atoms with E-state index in [0.29, 0.717) is 6.54 Å². The highest BCUT2D eigenvalue weighted by Gasteiger charge is 2.16. The monoisotopic (exact) mass is 247 g/mol. The van der Waals surface area contributed by atoms with Gasteiger partial charge < -0.3 is 15.4 Å². The van der Waals surface area contributed by atoms with Gasteiger partial charge in [-0.1, -0.05) is 12.1 Å². The van der Waals surface area contributed by atoms with Crippen LogP contribution in [0.3, 0.4) is 0 Å². The molecule has 1 atom stereocenters. The topological polar surface area (TPSA) is 64.1 Å². The first-order valence-corrected chi connectivity index (χ1v) is 6.45. The maximum Gasteiger partial charge on any atom is 0.0958 e. The molecule has 0 aliphatic carbocycles. The van der Waals surface area contributed by atoms with Crippen LogP contribution in [0.1, 0.15) is 26.2 Å². The van der Waals surface area contributed by atoms with Crippen LogP contribution in [0.2, 0.25) is 0 Å². The van der Waals surface area contributed by atoms with Crippen LogP contribution in [0.5, 0.6) is 0 Å². The lowest BCUT2D eigenvalue weighted by molar-refractivity contribution is 0.0570. The zero-order chi connectivity index (χ0) is 13.0. The van der Waals surface area contributed by atoms with E-state index in [1.807, 2.05) is 24.5 Å². The van der Waals surface area contributed by atoms with Gasteiger partial charge >= 0.3 is 0 Å². The van der Waals surface area contributed by atoms with Crippen molar-refractivity contribution in [2.75, 3.05) is 6.54 Å². The van der Waals surface area contributed by atoms with Gasteiger partial charge in [0.25, 0.3) is 0 Å². The Bertz CT molecular complexity index is 504. The van der Waals surface area contributed by atoms with E-state index in [1.165, 1.54) is 5.52 Å². The minimum atomic E-state index is -0.725. The lowest BCUT2D eigenvalue weighted by atomic mass is 9.99. The molecule has 0 spiro atoms. The first-order valence-electron chi connectivity index (χ1n) is 6.45. The maximum absolute atomic E-state index is 9.81. The van der Waals surface area contributed by atoms with Crippen LogP contribution >= 0.6 is 0 Å². The Balaban J connectivity index is 1.87. The van der Waals surface area contributed by atoms with E-state index in [1.54, 1.807) is 6.92 Å². The van der Waals surface area contributed by atoms with E-state index in [0.717, 1.165) is 31.3 Å². The van der Waals surface area contributed by atoms with Crippen LogP contribution in [0.4, 0.5) is 0 Å². The quantitative estimate of drug-likeness (QED) is 0.766. The van der Waals surface area contributed by atoms with Crippen molar-refractivity contribution in [2.45, 2.75) is 38.3 Å². The van der Waals surface area contributed by atoms with Crippen molar-refractivity contribution in [3.8, 4) is 0 Å². The standard InChI is InChI=1S/C14H21N3O/c1-14(18,10-15)8-4-5-9-17-11-16-12-6-2-3-7-13(12)17/h2-3,6-7,11,18H,4-5,8-10,15H2,1H3. The maximum atomic E-state index is 9.81. The fraction of sp³-hybridized carbons (Fsp3) is 0.500. The molecule has 4 heteroatoms. The molecular formula is C14H21N3O. The number of imidazole rings is 1. The molecule has 0 saturated carbocycles. The molecule has 1 unspecified atom stereocenters. The first kappa shape index (κ1) is 13.1. The summed E-state index contributed by atoms with van der Waals surface area (Å²) in [5, 5.41) is 9.81. The normalized spacial score (nSPS) is 14.8. The molecule has 0 aliphatic heterocycles. The van der Waals surface area contributed by atoms with E-state index in [-0.39, 0.29) is 0 Å². The van der Waals surface area contributed by atoms with Crippen molar-refractivity contribution in [1.29, 1.82) is 0 Å². The summed E-state index contributed by atoms with van der Waals surface area (Å²) in [5.41, 5.74) is 6.97. The van der Waals surface area contributed by atoms with E-state index >= 15 is 0 Å². The molecule has 0 radical (unpaired) electrons. The van der Waals surface area contributed by atoms with Gasteiger partial charge in [-0.05, 0) is 38.3 Å². The number of aryl methyl sites for hydroxylation is 1. The molecule has 0 saturated heterocycles. The van der Waals surface area contributed by atoms with Crippen LogP contribution in [-0.2, 0) is 6.54 Å². The predicted octanol–water partition coefficient (Wildman–Crippen LogP) is 1.92. The summed E-state index contributed by atoms with van der Waals surface area (Å²) >= 11 is 0. The van der Waals surface area contributed by atoms with Gasteiger partial charge in [-0.2, -0.15) is 0 Å². The molecule has 0 amide bonds. The summed E-state index contributed by atoms with van der Waals surface area (Å²) in [5.74, 6) is 0. The second-order valence-corrected chi connectivity index (χ2v) is 5.08. The molecule has 1 heterocycles. The number of hydrogen-bond donors (Lipinski definition) is 2. The molecule has 18 heavy (non-hydrogen) atoms. The Morgan fingerprint density at radius 1 is 1.33 bits per heavy atom. The van der Waals surface area contributed by atoms with Crippen LogP contribution in [0.15, 0.2) is 30.6 Å². The zero-order valence-corrected chi connectivity index (χ0v) is 10.8. The Kier molecular flexibility index (Phi) is 3.99. The Morgan fingerprint density at radius 2 is 2.11 bits per heavy atom. The van der Waals surface area contributed by atoms with Gasteiger partial charge in [-0.15, -0.1) is 0 Å². The third-order valence-corrected chi connectivity index (χ3v) is 3.33. The largest absolute Gasteiger partial charge is 0.389 e. The summed E-state index contributed by atoms with van der Waals surface area (Å²) < 4.78 is 2.16. The highest BCUT2D eigenvalue weighted by atomic mass is 16.3. The molecule has 3 N–H and O–H groups in total. The number of benzene rings is 1. The van der Waals surface area contributed by atoms with Crippen LogP contribution < -0.4 is 5.73 Å². The summed E-state index contributed by atoms with van der Waals surface area (Å²) in [6, 6.07) is 8.13. The molecular weight excluding hydrogens is 226 g/mol. The summed E-state index contributed by atoms with van der Waals surface area (Å²) in [6.45, 7) is 3.04. The third kappa shape index (κ3) is 3.09. The Hall–Kier alpha value is -1.39. The fourth-order valence-electron chi connectivity index (χ4n) is 2.08. The SMILES string of the molecule is CC(O)(CN)CCCCn1cnc2ccccc21. The Labute approximate surface area is 107 Å². The van der Waals surface area contributed by atoms with E-state index in [2.05, 4.69) is 15.6 Å². The van der Waals surface area contributed by atoms with Gasteiger partial charge in [0.2, 0.25) is 0 Å². The predicted molar refractivity (Wildman–Crippen MR) is 73.3 cm³/mol. The third-order valence-electron chi connectivity index (χ3n) is 3.33. The summed E-state index contributed by atoms with van der Waals surface area (Å²) in [7, 11) is 0. The minimum absolute atomic E-state index is 0.320. The number of fused-ring (bicyclic) bond motifs is 1. The average molecular weight is 247 g/mol. The van der Waals surface area contributed by atoms with Crippen molar-refractivity contribution in [3.05, 3.63) is 30.6 Å². The van der Waals surface area contributed by atoms with Crippen molar-refractivity contribution < 1.29 is 5.11 Å². The lowest BCUT2D eigenvalue weighted by Gasteiger charge is -2.20.